The van der Waals surface area contributed by atoms with Crippen LogP contribution < -0.4 is 10.1 Å². The zero-order valence-corrected chi connectivity index (χ0v) is 24.9. The number of ether oxygens (including phenoxy) is 3. The number of hydrogen-bond donors (Lipinski definition) is 1. The van der Waals surface area contributed by atoms with E-state index >= 15 is 0 Å². The lowest BCUT2D eigenvalue weighted by molar-refractivity contribution is -0.155. The summed E-state index contributed by atoms with van der Waals surface area (Å²) in [6, 6.07) is 7.13. The van der Waals surface area contributed by atoms with Gasteiger partial charge in [0.25, 0.3) is 0 Å². The van der Waals surface area contributed by atoms with Gasteiger partial charge in [0, 0.05) is 25.8 Å². The van der Waals surface area contributed by atoms with Crippen LogP contribution in [0.25, 0.3) is 4.91 Å². The Morgan fingerprint density at radius 1 is 1.24 bits per heavy atom. The number of urea groups is 1. The van der Waals surface area contributed by atoms with E-state index in [4.69, 9.17) is 18.6 Å². The van der Waals surface area contributed by atoms with Crippen LogP contribution in [0, 0.1) is 5.92 Å². The van der Waals surface area contributed by atoms with Gasteiger partial charge in [-0.3, -0.25) is 9.59 Å². The smallest absolute Gasteiger partial charge is 0.328 e. The third kappa shape index (κ3) is 4.79. The number of fused-ring (bicyclic) bond motifs is 1. The maximum atomic E-state index is 14.5. The Morgan fingerprint density at radius 3 is 2.64 bits per heavy atom. The van der Waals surface area contributed by atoms with Crippen LogP contribution in [0.1, 0.15) is 56.6 Å². The molecule has 6 rings (SSSR count). The summed E-state index contributed by atoms with van der Waals surface area (Å²) in [4.78, 5) is 50.0. The molecule has 3 fully saturated rings. The standard InChI is InChI=1S/C30H36N4O7S/c1-18-23-26(35)34(30(11-6-12-30)28(36)31-2)29(37)33(27(23)42-24(18)25-32-13-16-40-25)17-22(41-19-9-14-39-15-10-19)20-7-4-5-8-21(20)38-3/h4-5,7-8,13,16,19,22-23,27H,6,9-12,14-15,17H2,1-3H3,(H,31,36). The highest BCUT2D eigenvalue weighted by Crippen LogP contribution is 2.53. The molecule has 1 aromatic carbocycles. The number of para-hydroxylation sites is 1. The molecule has 4 amide bonds. The summed E-state index contributed by atoms with van der Waals surface area (Å²) < 4.78 is 23.6. The summed E-state index contributed by atoms with van der Waals surface area (Å²) in [5.41, 5.74) is 0.361. The molecule has 3 aliphatic heterocycles. The number of nitrogens with one attached hydrogen (secondary N) is 1. The fourth-order valence-electron chi connectivity index (χ4n) is 6.46. The van der Waals surface area contributed by atoms with Gasteiger partial charge in [-0.25, -0.2) is 14.7 Å². The SMILES string of the molecule is CNC(=O)C1(N2C(=O)C3C(C)=C(c4ncco4)SC3N(CC(OC3CCOCC3)c3ccccc3OC)C2=O)CCC1. The molecule has 224 valence electrons. The number of thioether (sulfide) groups is 1. The van der Waals surface area contributed by atoms with Crippen molar-refractivity contribution in [2.24, 2.45) is 5.92 Å². The van der Waals surface area contributed by atoms with Gasteiger partial charge in [0.15, 0.2) is 0 Å². The molecule has 1 aromatic heterocycles. The highest BCUT2D eigenvalue weighted by molar-refractivity contribution is 8.09. The maximum absolute atomic E-state index is 14.5. The van der Waals surface area contributed by atoms with Crippen molar-refractivity contribution in [3.8, 4) is 5.75 Å². The van der Waals surface area contributed by atoms with Crippen LogP contribution in [0.2, 0.25) is 0 Å². The van der Waals surface area contributed by atoms with E-state index in [1.807, 2.05) is 31.2 Å². The second-order valence-corrected chi connectivity index (χ2v) is 12.2. The Balaban J connectivity index is 1.42. The van der Waals surface area contributed by atoms with E-state index in [1.165, 1.54) is 22.9 Å². The van der Waals surface area contributed by atoms with Crippen LogP contribution in [-0.2, 0) is 19.1 Å². The van der Waals surface area contributed by atoms with Gasteiger partial charge < -0.3 is 28.8 Å². The monoisotopic (exact) mass is 596 g/mol. The summed E-state index contributed by atoms with van der Waals surface area (Å²) in [5.74, 6) is -0.302. The summed E-state index contributed by atoms with van der Waals surface area (Å²) in [5, 5.41) is 2.14. The van der Waals surface area contributed by atoms with E-state index in [-0.39, 0.29) is 24.5 Å². The lowest BCUT2D eigenvalue weighted by atomic mass is 9.73. The van der Waals surface area contributed by atoms with Gasteiger partial charge in [0.2, 0.25) is 17.7 Å². The minimum atomic E-state index is -1.22. The van der Waals surface area contributed by atoms with E-state index in [9.17, 15) is 14.4 Å². The molecule has 1 saturated carbocycles. The molecular formula is C30H36N4O7S. The average Bonchev–Trinajstić information content (AvgIpc) is 3.64. The van der Waals surface area contributed by atoms with Gasteiger partial charge in [-0.05, 0) is 50.7 Å². The van der Waals surface area contributed by atoms with E-state index in [1.54, 1.807) is 25.3 Å². The van der Waals surface area contributed by atoms with Crippen LogP contribution in [0.3, 0.4) is 0 Å². The number of amides is 4. The van der Waals surface area contributed by atoms with Crippen molar-refractivity contribution >= 4 is 34.5 Å². The normalized spacial score (nSPS) is 24.8. The summed E-state index contributed by atoms with van der Waals surface area (Å²) in [7, 11) is 3.15. The Labute approximate surface area is 248 Å². The quantitative estimate of drug-likeness (QED) is 0.458. The molecule has 12 heteroatoms. The number of imide groups is 1. The molecule has 42 heavy (non-hydrogen) atoms. The lowest BCUT2D eigenvalue weighted by Crippen LogP contribution is -2.72. The molecule has 11 nitrogen and oxygen atoms in total. The number of likely N-dealkylation sites (N-methyl/N-ethyl adjacent to an activating group) is 1. The topological polar surface area (TPSA) is 123 Å². The van der Waals surface area contributed by atoms with Crippen molar-refractivity contribution in [2.75, 3.05) is 33.9 Å². The maximum Gasteiger partial charge on any atom is 0.328 e. The van der Waals surface area contributed by atoms with Gasteiger partial charge in [0.1, 0.15) is 23.7 Å². The van der Waals surface area contributed by atoms with Gasteiger partial charge in [-0.15, -0.1) is 0 Å². The first-order chi connectivity index (χ1) is 20.4. The second kappa shape index (κ2) is 11.7. The number of oxazole rings is 1. The molecule has 1 aliphatic carbocycles. The zero-order valence-electron chi connectivity index (χ0n) is 24.0. The number of aromatic nitrogens is 1. The number of nitrogens with zero attached hydrogens (tertiary/aromatic N) is 3. The van der Waals surface area contributed by atoms with Crippen molar-refractivity contribution in [1.29, 1.82) is 0 Å². The highest BCUT2D eigenvalue weighted by atomic mass is 32.2. The predicted molar refractivity (Wildman–Crippen MR) is 154 cm³/mol. The number of benzene rings is 1. The number of methoxy groups -OCH3 is 1. The van der Waals surface area contributed by atoms with E-state index in [0.29, 0.717) is 37.7 Å². The van der Waals surface area contributed by atoms with Crippen LogP contribution in [0.4, 0.5) is 4.79 Å². The van der Waals surface area contributed by atoms with Gasteiger partial charge in [-0.2, -0.15) is 0 Å². The molecular weight excluding hydrogens is 560 g/mol. The van der Waals surface area contributed by atoms with Crippen LogP contribution >= 0.6 is 11.8 Å². The first-order valence-electron chi connectivity index (χ1n) is 14.4. The van der Waals surface area contributed by atoms with Crippen molar-refractivity contribution in [2.45, 2.75) is 62.1 Å². The van der Waals surface area contributed by atoms with Crippen LogP contribution in [0.5, 0.6) is 5.75 Å². The van der Waals surface area contributed by atoms with Crippen molar-refractivity contribution < 1.29 is 33.0 Å². The zero-order chi connectivity index (χ0) is 29.4. The minimum absolute atomic E-state index is 0.0649. The van der Waals surface area contributed by atoms with E-state index in [2.05, 4.69) is 10.3 Å². The Bertz CT molecular complexity index is 1370. The average molecular weight is 597 g/mol. The first-order valence-corrected chi connectivity index (χ1v) is 15.3. The predicted octanol–water partition coefficient (Wildman–Crippen LogP) is 3.97. The van der Waals surface area contributed by atoms with Gasteiger partial charge in [-0.1, -0.05) is 30.0 Å². The number of carbonyl (C=O) groups is 3. The summed E-state index contributed by atoms with van der Waals surface area (Å²) in [6.45, 7) is 3.24. The molecule has 2 saturated heterocycles. The Morgan fingerprint density at radius 2 is 2.00 bits per heavy atom. The van der Waals surface area contributed by atoms with E-state index in [0.717, 1.165) is 35.3 Å². The van der Waals surface area contributed by atoms with Gasteiger partial charge >= 0.3 is 6.03 Å². The number of rotatable bonds is 9. The third-order valence-electron chi connectivity index (χ3n) is 8.84. The van der Waals surface area contributed by atoms with Crippen molar-refractivity contribution in [3.63, 3.8) is 0 Å². The molecule has 1 N–H and O–H groups in total. The fraction of sp³-hybridized carbons (Fsp3) is 0.533. The molecule has 4 aliphatic rings. The molecule has 0 radical (unpaired) electrons. The fourth-order valence-corrected chi connectivity index (χ4v) is 7.97. The molecule has 3 unspecified atom stereocenters. The van der Waals surface area contributed by atoms with Crippen molar-refractivity contribution in [3.05, 3.63) is 53.8 Å². The first kappa shape index (κ1) is 28.8. The second-order valence-electron chi connectivity index (χ2n) is 11.1. The Hall–Kier alpha value is -3.35. The number of carbonyl (C=O) groups excluding carboxylic acids is 3. The van der Waals surface area contributed by atoms with Crippen LogP contribution in [-0.4, -0.2) is 83.6 Å². The lowest BCUT2D eigenvalue weighted by Gasteiger charge is -2.53. The Kier molecular flexibility index (Phi) is 8.03. The highest BCUT2D eigenvalue weighted by Gasteiger charge is 2.61. The third-order valence-corrected chi connectivity index (χ3v) is 10.3. The molecule has 0 spiro atoms. The molecule has 2 aromatic rings. The molecule has 3 atom stereocenters. The van der Waals surface area contributed by atoms with E-state index < -0.39 is 29.0 Å². The van der Waals surface area contributed by atoms with Crippen LogP contribution in [0.15, 0.2) is 46.7 Å². The minimum Gasteiger partial charge on any atom is -0.496 e. The molecule has 4 heterocycles. The summed E-state index contributed by atoms with van der Waals surface area (Å²) >= 11 is 1.40. The van der Waals surface area contributed by atoms with Gasteiger partial charge in [0.05, 0.1) is 42.2 Å². The summed E-state index contributed by atoms with van der Waals surface area (Å²) in [6.07, 6.45) is 5.50. The largest absolute Gasteiger partial charge is 0.496 e. The van der Waals surface area contributed by atoms with Crippen molar-refractivity contribution in [1.82, 2.24) is 20.1 Å². The molecule has 0 bridgehead atoms. The number of hydrogen-bond acceptors (Lipinski definition) is 9.